The number of phenolic OH excluding ortho intramolecular Hbond substituents is 3. The number of fused-ring (bicyclic) bond motifs is 6. The number of rotatable bonds is 8. The van der Waals surface area contributed by atoms with Crippen LogP contribution in [0.3, 0.4) is 0 Å². The third kappa shape index (κ3) is 7.33. The summed E-state index contributed by atoms with van der Waals surface area (Å²) >= 11 is 0. The van der Waals surface area contributed by atoms with Gasteiger partial charge < -0.3 is 53.5 Å². The molecule has 0 spiro atoms. The summed E-state index contributed by atoms with van der Waals surface area (Å²) in [5.74, 6) is 0.00313. The summed E-state index contributed by atoms with van der Waals surface area (Å²) in [6.07, 6.45) is 0.920. The summed E-state index contributed by atoms with van der Waals surface area (Å²) in [5.41, 5.74) is 3.83. The quantitative estimate of drug-likeness (QED) is 0.179. The van der Waals surface area contributed by atoms with E-state index in [1.54, 1.807) is 26.4 Å². The molecule has 3 aromatic carbocycles. The van der Waals surface area contributed by atoms with E-state index in [0.717, 1.165) is 55.4 Å². The van der Waals surface area contributed by atoms with Gasteiger partial charge in [-0.3, -0.25) is 9.69 Å². The number of aromatic nitrogens is 1. The number of aromatic hydroxyl groups is 3. The second-order valence-corrected chi connectivity index (χ2v) is 13.4. The first-order valence-electron chi connectivity index (χ1n) is 17.3. The number of methoxy groups -OCH3 is 6. The van der Waals surface area contributed by atoms with Gasteiger partial charge in [0.05, 0.1) is 53.1 Å². The molecule has 1 aliphatic carbocycles. The normalized spacial score (nSPS) is 23.3. The van der Waals surface area contributed by atoms with Crippen LogP contribution in [0.1, 0.15) is 40.5 Å². The number of phenols is 3. The van der Waals surface area contributed by atoms with E-state index < -0.39 is 24.1 Å². The molecular formula is C39H46N2O12. The van der Waals surface area contributed by atoms with Crippen LogP contribution in [-0.2, 0) is 25.4 Å². The lowest BCUT2D eigenvalue weighted by Crippen LogP contribution is -2.58. The van der Waals surface area contributed by atoms with Crippen molar-refractivity contribution < 1.29 is 58.1 Å². The number of nitrogens with zero attached hydrogens (tertiary/aromatic N) is 1. The molecule has 1 aromatic heterocycles. The number of ether oxygens (including phenoxy) is 7. The van der Waals surface area contributed by atoms with E-state index in [-0.39, 0.29) is 46.7 Å². The minimum atomic E-state index is -0.670. The number of hydrogen-bond acceptors (Lipinski definition) is 13. The van der Waals surface area contributed by atoms with Crippen molar-refractivity contribution in [3.63, 3.8) is 0 Å². The van der Waals surface area contributed by atoms with Crippen LogP contribution in [0.2, 0.25) is 0 Å². The Kier molecular flexibility index (Phi) is 11.1. The fourth-order valence-electron chi connectivity index (χ4n) is 8.34. The van der Waals surface area contributed by atoms with Gasteiger partial charge in [0.2, 0.25) is 5.75 Å². The van der Waals surface area contributed by atoms with Crippen molar-refractivity contribution in [3.05, 3.63) is 65.4 Å². The van der Waals surface area contributed by atoms with Gasteiger partial charge in [0, 0.05) is 61.1 Å². The molecule has 0 radical (unpaired) electrons. The standard InChI is InChI=1S/C33H40N2O9.C6H6O3/c1-38-19-7-8-20-21-9-10-35-16-18-13-27(44-32(36)17-11-25(39-2)30(41-4)26(12-17)40-3)31(42-5)28(33(37)43-6)22(18)15-24(35)29(21)34-23(20)14-19;7-4-1-5(8)3-6(9)2-4/h7-8,11-12,14,18,22,24,27-28,31,34H,9-10,13,15-16H2,1-6H3;1-3,7-9H/t18-,22+,24-,27-,28+,31+;/m1./s1. The van der Waals surface area contributed by atoms with Gasteiger partial charge in [-0.15, -0.1) is 0 Å². The van der Waals surface area contributed by atoms with Crippen LogP contribution >= 0.6 is 0 Å². The maximum atomic E-state index is 13.5. The van der Waals surface area contributed by atoms with Crippen molar-refractivity contribution in [3.8, 4) is 40.2 Å². The average molecular weight is 735 g/mol. The third-order valence-electron chi connectivity index (χ3n) is 10.6. The van der Waals surface area contributed by atoms with Crippen LogP contribution in [0.4, 0.5) is 0 Å². The van der Waals surface area contributed by atoms with Gasteiger partial charge in [0.25, 0.3) is 0 Å². The lowest BCUT2D eigenvalue weighted by molar-refractivity contribution is -0.176. The van der Waals surface area contributed by atoms with Crippen LogP contribution < -0.4 is 18.9 Å². The van der Waals surface area contributed by atoms with Crippen molar-refractivity contribution in [2.75, 3.05) is 55.7 Å². The maximum absolute atomic E-state index is 13.5. The first-order chi connectivity index (χ1) is 25.5. The molecule has 53 heavy (non-hydrogen) atoms. The zero-order valence-corrected chi connectivity index (χ0v) is 30.6. The number of hydrogen-bond donors (Lipinski definition) is 4. The second-order valence-electron chi connectivity index (χ2n) is 13.4. The Balaban J connectivity index is 0.000000468. The third-order valence-corrected chi connectivity index (χ3v) is 10.6. The Morgan fingerprint density at radius 2 is 1.47 bits per heavy atom. The molecule has 2 fully saturated rings. The minimum Gasteiger partial charge on any atom is -0.508 e. The number of benzene rings is 3. The number of H-pyrrole nitrogens is 1. The lowest BCUT2D eigenvalue weighted by atomic mass is 9.63. The van der Waals surface area contributed by atoms with Crippen LogP contribution in [0.15, 0.2) is 48.5 Å². The Morgan fingerprint density at radius 1 is 0.811 bits per heavy atom. The van der Waals surface area contributed by atoms with E-state index in [1.165, 1.54) is 45.1 Å². The van der Waals surface area contributed by atoms with Crippen LogP contribution in [0.25, 0.3) is 10.9 Å². The molecule has 3 heterocycles. The maximum Gasteiger partial charge on any atom is 0.338 e. The second kappa shape index (κ2) is 15.7. The molecular weight excluding hydrogens is 688 g/mol. The molecule has 0 bridgehead atoms. The Labute approximate surface area is 307 Å². The number of aromatic amines is 1. The number of carbonyl (C=O) groups excluding carboxylic acids is 2. The van der Waals surface area contributed by atoms with Crippen LogP contribution in [-0.4, -0.2) is 105 Å². The zero-order chi connectivity index (χ0) is 38.0. The summed E-state index contributed by atoms with van der Waals surface area (Å²) in [7, 11) is 9.10. The SMILES string of the molecule is COC(=O)[C@H]1[C@H]2C[C@@H]3c4[nH]c5cc(OC)ccc5c4CCN3C[C@H]2C[C@@H](OC(=O)c2cc(OC)c(OC)c(OC)c2)[C@@H]1OC.Oc1cc(O)cc(O)c1. The van der Waals surface area contributed by atoms with E-state index in [9.17, 15) is 9.59 Å². The van der Waals surface area contributed by atoms with Crippen LogP contribution in [0, 0.1) is 17.8 Å². The number of carbonyl (C=O) groups is 2. The summed E-state index contributed by atoms with van der Waals surface area (Å²) in [4.78, 5) is 33.1. The highest BCUT2D eigenvalue weighted by Crippen LogP contribution is 2.51. The van der Waals surface area contributed by atoms with Crippen molar-refractivity contribution in [2.24, 2.45) is 17.8 Å². The molecule has 4 N–H and O–H groups in total. The molecule has 1 saturated heterocycles. The topological polar surface area (TPSA) is 178 Å². The molecule has 14 nitrogen and oxygen atoms in total. The molecule has 3 aliphatic rings. The van der Waals surface area contributed by atoms with Gasteiger partial charge in [0.1, 0.15) is 35.2 Å². The average Bonchev–Trinajstić information content (AvgIpc) is 3.53. The Bertz CT molecular complexity index is 1880. The van der Waals surface area contributed by atoms with Gasteiger partial charge >= 0.3 is 11.9 Å². The van der Waals surface area contributed by atoms with E-state index in [1.807, 2.05) is 12.1 Å². The van der Waals surface area contributed by atoms with Gasteiger partial charge in [-0.25, -0.2) is 4.79 Å². The monoisotopic (exact) mass is 734 g/mol. The van der Waals surface area contributed by atoms with Crippen molar-refractivity contribution >= 4 is 22.8 Å². The molecule has 6 atom stereocenters. The van der Waals surface area contributed by atoms with E-state index >= 15 is 0 Å². The van der Waals surface area contributed by atoms with Gasteiger partial charge in [-0.1, -0.05) is 0 Å². The highest BCUT2D eigenvalue weighted by molar-refractivity contribution is 5.91. The summed E-state index contributed by atoms with van der Waals surface area (Å²) in [6, 6.07) is 12.8. The molecule has 7 rings (SSSR count). The van der Waals surface area contributed by atoms with Crippen molar-refractivity contribution in [2.45, 2.75) is 37.5 Å². The fraction of sp³-hybridized carbons (Fsp3) is 0.436. The minimum absolute atomic E-state index is 0.0170. The van der Waals surface area contributed by atoms with Gasteiger partial charge in [0.15, 0.2) is 11.5 Å². The predicted molar refractivity (Wildman–Crippen MR) is 192 cm³/mol. The first-order valence-corrected chi connectivity index (χ1v) is 17.3. The van der Waals surface area contributed by atoms with Crippen molar-refractivity contribution in [1.29, 1.82) is 0 Å². The molecule has 0 amide bonds. The van der Waals surface area contributed by atoms with Gasteiger partial charge in [-0.2, -0.15) is 0 Å². The largest absolute Gasteiger partial charge is 0.508 e. The number of nitrogens with one attached hydrogen (secondary N) is 1. The molecule has 1 saturated carbocycles. The number of esters is 2. The Morgan fingerprint density at radius 3 is 2.04 bits per heavy atom. The molecule has 284 valence electrons. The predicted octanol–water partition coefficient (Wildman–Crippen LogP) is 4.97. The number of piperidine rings is 1. The first kappa shape index (κ1) is 37.4. The van der Waals surface area contributed by atoms with E-state index in [4.69, 9.17) is 48.5 Å². The van der Waals surface area contributed by atoms with E-state index in [0.29, 0.717) is 23.7 Å². The highest BCUT2D eigenvalue weighted by Gasteiger charge is 2.54. The summed E-state index contributed by atoms with van der Waals surface area (Å²) < 4.78 is 39.1. The zero-order valence-electron chi connectivity index (χ0n) is 30.6. The van der Waals surface area contributed by atoms with E-state index in [2.05, 4.69) is 16.0 Å². The highest BCUT2D eigenvalue weighted by atomic mass is 16.6. The lowest BCUT2D eigenvalue weighted by Gasteiger charge is -2.52. The van der Waals surface area contributed by atoms with Gasteiger partial charge in [-0.05, 0) is 60.9 Å². The fourth-order valence-corrected chi connectivity index (χ4v) is 8.34. The van der Waals surface area contributed by atoms with Crippen LogP contribution in [0.5, 0.6) is 40.2 Å². The molecule has 4 aromatic rings. The molecule has 2 aliphatic heterocycles. The van der Waals surface area contributed by atoms with Crippen molar-refractivity contribution in [1.82, 2.24) is 9.88 Å². The molecule has 0 unspecified atom stereocenters. The Hall–Kier alpha value is -5.34. The summed E-state index contributed by atoms with van der Waals surface area (Å²) in [6.45, 7) is 1.68. The summed E-state index contributed by atoms with van der Waals surface area (Å²) in [5, 5.41) is 27.2. The molecule has 14 heteroatoms. The smallest absolute Gasteiger partial charge is 0.338 e.